The van der Waals surface area contributed by atoms with Gasteiger partial charge in [-0.15, -0.1) is 0 Å². The summed E-state index contributed by atoms with van der Waals surface area (Å²) in [5, 5.41) is 0. The van der Waals surface area contributed by atoms with Crippen LogP contribution in [0, 0.1) is 39.1 Å². The standard InChI is InChI=1S/C27H35FN2O.66H2/c1-16(2)30(9)15-17(3)14-27(23-10-11-25(28)20(6)19(23)5)24-12-18(4)26(29-8)13-22(24)21(7)31-27;;;;;;;;;;;;;;;;;;;;;;;;;;;;;;;;;;;;;;;;;;;;;;;;;;;;;;;;;;;;;;;;;;/h10-13,16-17,21H,14-15H2,1-7,9H3;66*1H/t17?,21?,27-;;;;;;;;;;;;;;;;;;;;;;;;;;;;;;;;;;;;;;;;;;;;;;;;;;;;;;;;;;;;;;;;;;/m0................................................................../s1/i12D,13D;15*1+1D;;;;;;;;;;;;;;;;;;;;;;;;;;;;;;;;;;;;;;;;;;;;;;;;;;;. The van der Waals surface area contributed by atoms with Crippen LogP contribution in [0.1, 0.15) is 194 Å². The summed E-state index contributed by atoms with van der Waals surface area (Å²) < 4.78 is 189. The quantitative estimate of drug-likeness (QED) is 0.313. The molecular weight excluding hydrogens is 387 g/mol. The highest BCUT2D eigenvalue weighted by molar-refractivity contribution is 5.61. The minimum atomic E-state index is -0.979. The molecule has 31 heavy (non-hydrogen) atoms. The van der Waals surface area contributed by atoms with Crippen LogP contribution in [0.5, 0.6) is 0 Å². The van der Waals surface area contributed by atoms with Gasteiger partial charge in [-0.1, -0.05) is 25.1 Å². The average molecular weight is 588 g/mol. The molecule has 0 aromatic heterocycles. The van der Waals surface area contributed by atoms with Gasteiger partial charge in [-0.3, -0.25) is 0 Å². The number of ether oxygens (including phenoxy) is 1. The van der Waals surface area contributed by atoms with Crippen LogP contribution in [-0.4, -0.2) is 24.5 Å². The van der Waals surface area contributed by atoms with Gasteiger partial charge in [0.25, 0.3) is 0 Å². The van der Waals surface area contributed by atoms with E-state index in [0.29, 0.717) is 34.7 Å². The second-order valence-electron chi connectivity index (χ2n) is 9.40. The molecule has 2 aromatic carbocycles. The van der Waals surface area contributed by atoms with Crippen molar-refractivity contribution in [1.82, 2.24) is 4.90 Å². The molecule has 1 aliphatic heterocycles. The molecule has 0 aliphatic carbocycles. The molecule has 0 saturated heterocycles. The van der Waals surface area contributed by atoms with Crippen LogP contribution in [0.2, 0.25) is 0 Å². The van der Waals surface area contributed by atoms with Gasteiger partial charge in [-0.2, -0.15) is 0 Å². The average Bonchev–Trinajstić information content (AvgIpc) is 3.68. The molecule has 0 fully saturated rings. The van der Waals surface area contributed by atoms with Gasteiger partial charge in [-0.05, 0) is 100 Å². The lowest BCUT2D eigenvalue weighted by Gasteiger charge is -2.37. The van der Waals surface area contributed by atoms with Gasteiger partial charge >= 0.3 is 0 Å². The van der Waals surface area contributed by atoms with E-state index < -0.39 is 11.7 Å². The van der Waals surface area contributed by atoms with E-state index in [0.717, 1.165) is 17.7 Å². The van der Waals surface area contributed by atoms with E-state index in [-0.39, 0.29) is 102 Å². The maximum Gasteiger partial charge on any atom is 0.190 e. The van der Waals surface area contributed by atoms with Crippen LogP contribution in [-0.2, 0) is 10.3 Å². The SMILES string of the molecule is [2H][2H].[2H][2H].[2H][2H].[2H][2H].[2H][2H].[2H][2H].[2H][2H].[2H][2H].[2H][2H].[2H][2H].[2H][2H].[2H][2H].[2H][2H].[2H][2H].[2H][2H].[2H]c1c([N+]#[C-])c(C)c([2H])c2c1C(C)O[C@@]2(CC(C)CN(C)C(C)C)c1ccc(F)c(C)c1C.[HH].[HH].[HH].[HH].[HH].[HH].[HH].[HH].[HH].[HH].[HH].[HH].[HH].[HH].[HH].[HH].[HH].[HH].[HH].[HH].[HH].[HH].[HH].[HH].[HH].[HH].[HH].[HH].[HH].[HH].[HH].[HH].[HH].[HH].[HH].[HH].[HH].[HH].[HH].[HH].[HH].[HH].[HH].[HH].[HH].[HH].[HH].[HH].[HH].[HH].[HH]. The normalized spacial score (nSPS) is 26.2. The van der Waals surface area contributed by atoms with E-state index in [1.807, 2.05) is 13.8 Å². The zero-order valence-electron chi connectivity index (χ0n) is 52.0. The maximum atomic E-state index is 14.4. The fourth-order valence-electron chi connectivity index (χ4n) is 4.69. The van der Waals surface area contributed by atoms with Gasteiger partial charge < -0.3 is 9.64 Å². The maximum absolute atomic E-state index is 14.4. The van der Waals surface area contributed by atoms with Crippen molar-refractivity contribution in [2.45, 2.75) is 72.6 Å². The van der Waals surface area contributed by atoms with Crippen molar-refractivity contribution in [3.8, 4) is 0 Å². The van der Waals surface area contributed by atoms with E-state index in [4.69, 9.17) is 58.6 Å². The van der Waals surface area contributed by atoms with Crippen molar-refractivity contribution in [1.29, 1.82) is 0 Å². The number of benzene rings is 2. The van der Waals surface area contributed by atoms with Crippen molar-refractivity contribution < 1.29 is 129 Å². The fraction of sp³-hybridized carbons (Fsp3) is 0.519. The second kappa shape index (κ2) is 8.73. The third-order valence-electron chi connectivity index (χ3n) is 6.76. The minimum Gasteiger partial charge on any atom is -0.358 e. The summed E-state index contributed by atoms with van der Waals surface area (Å²) in [6.45, 7) is 22.2. The van der Waals surface area contributed by atoms with Crippen molar-refractivity contribution in [2.24, 2.45) is 5.92 Å². The Labute approximate surface area is 311 Å². The number of hydrogen-bond donors (Lipinski definition) is 0. The summed E-state index contributed by atoms with van der Waals surface area (Å²) in [6.07, 6.45) is 0.146. The Morgan fingerprint density at radius 3 is 2.58 bits per heavy atom. The van der Waals surface area contributed by atoms with E-state index in [1.54, 1.807) is 19.9 Å². The van der Waals surface area contributed by atoms with Gasteiger partial charge in [0, 0.05) is 131 Å². The summed E-state index contributed by atoms with van der Waals surface area (Å²) >= 11 is 0. The molecule has 0 amide bonds. The van der Waals surface area contributed by atoms with Crippen LogP contribution in [0.25, 0.3) is 4.85 Å². The van der Waals surface area contributed by atoms with Crippen LogP contribution in [0.15, 0.2) is 24.2 Å². The summed E-state index contributed by atoms with van der Waals surface area (Å²) in [5.41, 5.74) is 3.22. The summed E-state index contributed by atoms with van der Waals surface area (Å²) in [6, 6.07) is 4.04. The van der Waals surface area contributed by atoms with Crippen molar-refractivity contribution >= 4 is 5.69 Å². The third kappa shape index (κ3) is 4.14. The van der Waals surface area contributed by atoms with Gasteiger partial charge in [0.15, 0.2) is 5.69 Å². The zero-order chi connectivity index (χ0) is 54.8. The van der Waals surface area contributed by atoms with E-state index in [1.165, 1.54) is 6.07 Å². The van der Waals surface area contributed by atoms with E-state index in [2.05, 4.69) is 37.6 Å². The number of rotatable bonds is 6. The smallest absolute Gasteiger partial charge is 0.190 e. The number of hydrogen-bond acceptors (Lipinski definition) is 2. The number of halogens is 1. The lowest BCUT2D eigenvalue weighted by Crippen LogP contribution is -2.36. The molecule has 3 nitrogen and oxygen atoms in total. The molecule has 0 N–H and O–H groups in total. The molecular formula is C27H167FN2O. The van der Waals surface area contributed by atoms with Crippen molar-refractivity contribution in [3.63, 3.8) is 0 Å². The van der Waals surface area contributed by atoms with Crippen LogP contribution in [0.4, 0.5) is 10.1 Å². The second-order valence-corrected chi connectivity index (χ2v) is 9.40. The largest absolute Gasteiger partial charge is 0.358 e. The van der Waals surface area contributed by atoms with Crippen LogP contribution < -0.4 is 0 Å². The lowest BCUT2D eigenvalue weighted by atomic mass is 9.76. The minimum absolute atomic E-state index is 0. The number of nitrogens with zero attached hydrogens (tertiary/aromatic N) is 2. The molecule has 0 bridgehead atoms. The molecule has 0 radical (unpaired) electrons. The summed E-state index contributed by atoms with van der Waals surface area (Å²) in [4.78, 5) is 5.84. The zero-order valence-corrected chi connectivity index (χ0v) is 20.0. The Morgan fingerprint density at radius 1 is 1.29 bits per heavy atom. The molecule has 1 aliphatic rings. The van der Waals surface area contributed by atoms with E-state index >= 15 is 0 Å². The van der Waals surface area contributed by atoms with Crippen molar-refractivity contribution in [2.75, 3.05) is 13.6 Å². The first-order valence-electron chi connectivity index (χ1n) is 27.0. The van der Waals surface area contributed by atoms with Gasteiger partial charge in [-0.25, -0.2) is 9.24 Å². The summed E-state index contributed by atoms with van der Waals surface area (Å²) in [5.74, 6) is -0.0631. The molecule has 2 unspecified atom stereocenters. The van der Waals surface area contributed by atoms with Crippen molar-refractivity contribution in [3.05, 3.63) is 74.8 Å². The first-order chi connectivity index (χ1) is 30.4. The third-order valence-corrected chi connectivity index (χ3v) is 6.76. The van der Waals surface area contributed by atoms with Gasteiger partial charge in [0.1, 0.15) is 11.4 Å². The molecule has 0 saturated carbocycles. The lowest BCUT2D eigenvalue weighted by molar-refractivity contribution is -0.0567. The highest BCUT2D eigenvalue weighted by atomic mass is 19.1. The molecule has 2 aromatic rings. The Bertz CT molecular complexity index is 1210. The Morgan fingerprint density at radius 2 is 1.97 bits per heavy atom. The van der Waals surface area contributed by atoms with Gasteiger partial charge in [0.2, 0.25) is 0 Å². The monoisotopic (exact) mass is 588 g/mol. The predicted octanol–water partition coefficient (Wildman–Crippen LogP) is 23.2. The molecule has 0 spiro atoms. The Balaban J connectivity index is -0.00000000456. The highest BCUT2D eigenvalue weighted by Gasteiger charge is 2.47. The Hall–Kier alpha value is -2.22. The molecule has 4 heteroatoms. The summed E-state index contributed by atoms with van der Waals surface area (Å²) in [7, 11) is 2.09. The van der Waals surface area contributed by atoms with E-state index in [9.17, 15) is 4.39 Å². The van der Waals surface area contributed by atoms with Crippen LogP contribution in [0.3, 0.4) is 0 Å². The first-order valence-corrected chi connectivity index (χ1v) is 11.0. The number of fused-ring (bicyclic) bond motifs is 1. The molecule has 3 rings (SSSR count). The fourth-order valence-corrected chi connectivity index (χ4v) is 4.69. The molecule has 298 valence electrons. The molecule has 3 atom stereocenters. The highest BCUT2D eigenvalue weighted by Crippen LogP contribution is 2.53. The predicted molar refractivity (Wildman–Crippen MR) is 265 cm³/mol. The first kappa shape index (κ1) is 9.73. The van der Waals surface area contributed by atoms with Crippen LogP contribution >= 0.6 is 0 Å². The molecule has 1 heterocycles. The van der Waals surface area contributed by atoms with Gasteiger partial charge in [0.05, 0.1) is 14.0 Å². The Kier molecular flexibility index (Phi) is 2.74. The topological polar surface area (TPSA) is 16.8 Å².